The molecule has 24 heavy (non-hydrogen) atoms. The fourth-order valence-corrected chi connectivity index (χ4v) is 1.99. The normalized spacial score (nSPS) is 10.7. The summed E-state index contributed by atoms with van der Waals surface area (Å²) in [5.74, 6) is -4.75. The SMILES string of the molecule is COCCCOc1cc(F)c(-c2nc(C(=O)O)ccc2F)c(F)c1. The van der Waals surface area contributed by atoms with Crippen molar-refractivity contribution >= 4 is 5.97 Å². The number of hydrogen-bond acceptors (Lipinski definition) is 4. The molecule has 0 bridgehead atoms. The number of rotatable bonds is 7. The summed E-state index contributed by atoms with van der Waals surface area (Å²) in [6, 6.07) is 3.48. The third-order valence-corrected chi connectivity index (χ3v) is 3.08. The second kappa shape index (κ2) is 7.78. The number of carboxylic acid groups (broad SMARTS) is 1. The highest BCUT2D eigenvalue weighted by Crippen LogP contribution is 2.30. The van der Waals surface area contributed by atoms with Crippen LogP contribution in [0.15, 0.2) is 24.3 Å². The maximum atomic E-state index is 14.2. The predicted molar refractivity (Wildman–Crippen MR) is 78.5 cm³/mol. The molecule has 1 N–H and O–H groups in total. The lowest BCUT2D eigenvalue weighted by Gasteiger charge is -2.10. The van der Waals surface area contributed by atoms with E-state index in [0.29, 0.717) is 13.0 Å². The van der Waals surface area contributed by atoms with E-state index in [-0.39, 0.29) is 12.4 Å². The van der Waals surface area contributed by atoms with Gasteiger partial charge in [0.1, 0.15) is 34.6 Å². The average molecular weight is 341 g/mol. The van der Waals surface area contributed by atoms with Crippen molar-refractivity contribution < 1.29 is 32.5 Å². The Morgan fingerprint density at radius 2 is 1.79 bits per heavy atom. The van der Waals surface area contributed by atoms with Crippen LogP contribution in [-0.2, 0) is 4.74 Å². The minimum atomic E-state index is -1.44. The monoisotopic (exact) mass is 341 g/mol. The number of methoxy groups -OCH3 is 1. The van der Waals surface area contributed by atoms with Gasteiger partial charge in [0.15, 0.2) is 0 Å². The van der Waals surface area contributed by atoms with Crippen LogP contribution in [0.3, 0.4) is 0 Å². The van der Waals surface area contributed by atoms with Crippen molar-refractivity contribution in [2.45, 2.75) is 6.42 Å². The smallest absolute Gasteiger partial charge is 0.354 e. The van der Waals surface area contributed by atoms with Crippen LogP contribution in [-0.4, -0.2) is 36.4 Å². The lowest BCUT2D eigenvalue weighted by molar-refractivity contribution is 0.0690. The second-order valence-electron chi connectivity index (χ2n) is 4.79. The molecule has 0 aliphatic heterocycles. The fraction of sp³-hybridized carbons (Fsp3) is 0.250. The topological polar surface area (TPSA) is 68.7 Å². The highest BCUT2D eigenvalue weighted by atomic mass is 19.1. The van der Waals surface area contributed by atoms with E-state index in [9.17, 15) is 18.0 Å². The van der Waals surface area contributed by atoms with Gasteiger partial charge >= 0.3 is 5.97 Å². The van der Waals surface area contributed by atoms with Gasteiger partial charge in [0, 0.05) is 32.3 Å². The lowest BCUT2D eigenvalue weighted by Crippen LogP contribution is -2.06. The van der Waals surface area contributed by atoms with E-state index in [1.54, 1.807) is 0 Å². The Balaban J connectivity index is 2.35. The first-order chi connectivity index (χ1) is 11.4. The van der Waals surface area contributed by atoms with Crippen LogP contribution in [0.4, 0.5) is 13.2 Å². The molecule has 1 aromatic heterocycles. The number of benzene rings is 1. The molecule has 2 rings (SSSR count). The van der Waals surface area contributed by atoms with Crippen LogP contribution < -0.4 is 4.74 Å². The Labute approximate surface area is 135 Å². The Bertz CT molecular complexity index is 729. The Kier molecular flexibility index (Phi) is 5.75. The van der Waals surface area contributed by atoms with Gasteiger partial charge in [-0.1, -0.05) is 0 Å². The number of nitrogens with zero attached hydrogens (tertiary/aromatic N) is 1. The number of pyridine rings is 1. The Morgan fingerprint density at radius 1 is 1.12 bits per heavy atom. The number of carboxylic acids is 1. The number of carbonyl (C=O) groups is 1. The highest BCUT2D eigenvalue weighted by molar-refractivity contribution is 5.86. The first-order valence-electron chi connectivity index (χ1n) is 6.95. The van der Waals surface area contributed by atoms with Gasteiger partial charge in [0.2, 0.25) is 0 Å². The van der Waals surface area contributed by atoms with Gasteiger partial charge in [0.05, 0.1) is 12.2 Å². The van der Waals surface area contributed by atoms with E-state index in [1.807, 2.05) is 0 Å². The number of aromatic nitrogens is 1. The summed E-state index contributed by atoms with van der Waals surface area (Å²) in [6.45, 7) is 0.618. The summed E-state index contributed by atoms with van der Waals surface area (Å²) >= 11 is 0. The molecule has 0 aliphatic rings. The molecule has 0 atom stereocenters. The van der Waals surface area contributed by atoms with Crippen molar-refractivity contribution in [1.82, 2.24) is 4.98 Å². The first kappa shape index (κ1) is 17.7. The number of ether oxygens (including phenoxy) is 2. The molecule has 0 amide bonds. The standard InChI is InChI=1S/C16H14F3NO4/c1-23-5-2-6-24-9-7-11(18)14(12(19)8-9)15-10(17)3-4-13(20-15)16(21)22/h3-4,7-8H,2,5-6H2,1H3,(H,21,22). The molecule has 0 fully saturated rings. The lowest BCUT2D eigenvalue weighted by atomic mass is 10.1. The van der Waals surface area contributed by atoms with Gasteiger partial charge in [-0.05, 0) is 12.1 Å². The fourth-order valence-electron chi connectivity index (χ4n) is 1.99. The van der Waals surface area contributed by atoms with Crippen LogP contribution >= 0.6 is 0 Å². The largest absolute Gasteiger partial charge is 0.493 e. The highest BCUT2D eigenvalue weighted by Gasteiger charge is 2.20. The van der Waals surface area contributed by atoms with Crippen LogP contribution in [0, 0.1) is 17.5 Å². The van der Waals surface area contributed by atoms with E-state index < -0.39 is 40.4 Å². The van der Waals surface area contributed by atoms with E-state index in [0.717, 1.165) is 24.3 Å². The van der Waals surface area contributed by atoms with Crippen molar-refractivity contribution in [2.24, 2.45) is 0 Å². The van der Waals surface area contributed by atoms with E-state index in [4.69, 9.17) is 14.6 Å². The summed E-state index contributed by atoms with van der Waals surface area (Å²) in [4.78, 5) is 14.4. The number of halogens is 3. The molecule has 5 nitrogen and oxygen atoms in total. The zero-order valence-corrected chi connectivity index (χ0v) is 12.7. The molecule has 0 aliphatic carbocycles. The summed E-state index contributed by atoms with van der Waals surface area (Å²) in [7, 11) is 1.51. The van der Waals surface area contributed by atoms with Crippen molar-refractivity contribution in [3.63, 3.8) is 0 Å². The zero-order chi connectivity index (χ0) is 17.7. The van der Waals surface area contributed by atoms with Gasteiger partial charge in [0.25, 0.3) is 0 Å². The second-order valence-corrected chi connectivity index (χ2v) is 4.79. The minimum Gasteiger partial charge on any atom is -0.493 e. The van der Waals surface area contributed by atoms with Gasteiger partial charge in [-0.15, -0.1) is 0 Å². The summed E-state index contributed by atoms with van der Waals surface area (Å²) in [5.41, 5.74) is -1.99. The molecule has 0 spiro atoms. The van der Waals surface area contributed by atoms with Crippen molar-refractivity contribution in [3.8, 4) is 17.0 Å². The maximum Gasteiger partial charge on any atom is 0.354 e. The van der Waals surface area contributed by atoms with Crippen molar-refractivity contribution in [1.29, 1.82) is 0 Å². The van der Waals surface area contributed by atoms with Gasteiger partial charge < -0.3 is 14.6 Å². The molecule has 1 heterocycles. The molecule has 1 aromatic carbocycles. The van der Waals surface area contributed by atoms with E-state index in [2.05, 4.69) is 4.98 Å². The number of aromatic carboxylic acids is 1. The van der Waals surface area contributed by atoms with E-state index >= 15 is 0 Å². The molecular weight excluding hydrogens is 327 g/mol. The molecule has 2 aromatic rings. The van der Waals surface area contributed by atoms with Crippen LogP contribution in [0.2, 0.25) is 0 Å². The Hall–Kier alpha value is -2.61. The molecule has 0 saturated carbocycles. The molecule has 0 unspecified atom stereocenters. The molecular formula is C16H14F3NO4. The average Bonchev–Trinajstić information content (AvgIpc) is 2.52. The summed E-state index contributed by atoms with van der Waals surface area (Å²) < 4.78 is 52.2. The van der Waals surface area contributed by atoms with Gasteiger partial charge in [-0.2, -0.15) is 0 Å². The van der Waals surface area contributed by atoms with Crippen molar-refractivity contribution in [3.05, 3.63) is 47.4 Å². The Morgan fingerprint density at radius 3 is 2.38 bits per heavy atom. The maximum absolute atomic E-state index is 14.2. The minimum absolute atomic E-state index is 0.0698. The molecule has 0 radical (unpaired) electrons. The van der Waals surface area contributed by atoms with Crippen LogP contribution in [0.25, 0.3) is 11.3 Å². The van der Waals surface area contributed by atoms with Gasteiger partial charge in [-0.25, -0.2) is 22.9 Å². The first-order valence-corrected chi connectivity index (χ1v) is 6.95. The number of hydrogen-bond donors (Lipinski definition) is 1. The van der Waals surface area contributed by atoms with Crippen LogP contribution in [0.5, 0.6) is 5.75 Å². The van der Waals surface area contributed by atoms with Crippen molar-refractivity contribution in [2.75, 3.05) is 20.3 Å². The van der Waals surface area contributed by atoms with E-state index in [1.165, 1.54) is 7.11 Å². The van der Waals surface area contributed by atoms with Gasteiger partial charge in [-0.3, -0.25) is 0 Å². The molecule has 0 saturated heterocycles. The third-order valence-electron chi connectivity index (χ3n) is 3.08. The predicted octanol–water partition coefficient (Wildman–Crippen LogP) is 3.28. The summed E-state index contributed by atoms with van der Waals surface area (Å²) in [6.07, 6.45) is 0.526. The quantitative estimate of drug-likeness (QED) is 0.783. The third kappa shape index (κ3) is 4.02. The van der Waals surface area contributed by atoms with Crippen LogP contribution in [0.1, 0.15) is 16.9 Å². The molecule has 8 heteroatoms. The molecule has 128 valence electrons. The summed E-state index contributed by atoms with van der Waals surface area (Å²) in [5, 5.41) is 8.87. The zero-order valence-electron chi connectivity index (χ0n) is 12.7.